The Kier molecular flexibility index (Phi) is 3.75. The molecule has 122 valence electrons. The van der Waals surface area contributed by atoms with Gasteiger partial charge in [0.1, 0.15) is 5.82 Å². The van der Waals surface area contributed by atoms with E-state index in [1.165, 1.54) is 0 Å². The molecule has 1 aromatic heterocycles. The zero-order chi connectivity index (χ0) is 16.7. The highest BCUT2D eigenvalue weighted by atomic mass is 35.5. The Morgan fingerprint density at radius 1 is 1.17 bits per heavy atom. The summed E-state index contributed by atoms with van der Waals surface area (Å²) in [5, 5.41) is 11.2. The lowest BCUT2D eigenvalue weighted by Crippen LogP contribution is -2.29. The maximum atomic E-state index is 12.7. The van der Waals surface area contributed by atoms with Crippen LogP contribution in [0.25, 0.3) is 16.6 Å². The first kappa shape index (κ1) is 15.2. The molecule has 1 saturated heterocycles. The van der Waals surface area contributed by atoms with Gasteiger partial charge in [-0.15, -0.1) is 0 Å². The topological polar surface area (TPSA) is 58.4 Å². The van der Waals surface area contributed by atoms with Crippen molar-refractivity contribution in [2.45, 2.75) is 12.5 Å². The highest BCUT2D eigenvalue weighted by Gasteiger charge is 2.24. The van der Waals surface area contributed by atoms with E-state index in [0.29, 0.717) is 35.9 Å². The van der Waals surface area contributed by atoms with Gasteiger partial charge in [0.15, 0.2) is 0 Å². The Bertz CT molecular complexity index is 956. The molecule has 1 N–H and O–H groups in total. The second kappa shape index (κ2) is 5.92. The molecule has 0 amide bonds. The predicted molar refractivity (Wildman–Crippen MR) is 95.2 cm³/mol. The van der Waals surface area contributed by atoms with Gasteiger partial charge in [-0.05, 0) is 36.8 Å². The van der Waals surface area contributed by atoms with Crippen molar-refractivity contribution in [3.8, 4) is 5.69 Å². The van der Waals surface area contributed by atoms with Crippen molar-refractivity contribution in [2.24, 2.45) is 0 Å². The van der Waals surface area contributed by atoms with Crippen molar-refractivity contribution in [1.29, 1.82) is 0 Å². The molecule has 2 heterocycles. The Morgan fingerprint density at radius 2 is 1.96 bits per heavy atom. The molecule has 1 aliphatic rings. The van der Waals surface area contributed by atoms with Crippen LogP contribution in [-0.4, -0.2) is 33.9 Å². The largest absolute Gasteiger partial charge is 0.391 e. The van der Waals surface area contributed by atoms with Crippen molar-refractivity contribution in [2.75, 3.05) is 18.0 Å². The zero-order valence-corrected chi connectivity index (χ0v) is 13.6. The van der Waals surface area contributed by atoms with Crippen LogP contribution < -0.4 is 10.6 Å². The number of rotatable bonds is 2. The Balaban J connectivity index is 2.00. The van der Waals surface area contributed by atoms with Gasteiger partial charge >= 0.3 is 5.69 Å². The number of aliphatic hydroxyl groups is 1. The molecule has 5 nitrogen and oxygen atoms in total. The molecular weight excluding hydrogens is 326 g/mol. The first-order valence-corrected chi connectivity index (χ1v) is 8.22. The summed E-state index contributed by atoms with van der Waals surface area (Å²) in [6.45, 7) is 1.17. The van der Waals surface area contributed by atoms with Crippen molar-refractivity contribution in [3.63, 3.8) is 0 Å². The molecule has 1 fully saturated rings. The Hall–Kier alpha value is -2.37. The van der Waals surface area contributed by atoms with Gasteiger partial charge in [0.2, 0.25) is 0 Å². The van der Waals surface area contributed by atoms with E-state index in [0.717, 1.165) is 11.1 Å². The van der Waals surface area contributed by atoms with E-state index >= 15 is 0 Å². The molecule has 24 heavy (non-hydrogen) atoms. The van der Waals surface area contributed by atoms with Crippen LogP contribution in [0.4, 0.5) is 5.82 Å². The van der Waals surface area contributed by atoms with Gasteiger partial charge in [-0.25, -0.2) is 4.79 Å². The highest BCUT2D eigenvalue weighted by Crippen LogP contribution is 2.29. The first-order chi connectivity index (χ1) is 11.6. The molecule has 0 spiro atoms. The monoisotopic (exact) mass is 341 g/mol. The number of benzene rings is 2. The Morgan fingerprint density at radius 3 is 2.67 bits per heavy atom. The van der Waals surface area contributed by atoms with Gasteiger partial charge < -0.3 is 10.0 Å². The lowest BCUT2D eigenvalue weighted by atomic mass is 10.2. The number of β-amino-alcohol motifs (C(OH)–C–C–N with tert-alkyl or cyclic N) is 1. The average Bonchev–Trinajstić information content (AvgIpc) is 3.01. The van der Waals surface area contributed by atoms with Crippen LogP contribution in [0.15, 0.2) is 53.3 Å². The van der Waals surface area contributed by atoms with Crippen LogP contribution >= 0.6 is 11.6 Å². The third-order valence-electron chi connectivity index (χ3n) is 4.31. The predicted octanol–water partition coefficient (Wildman–Crippen LogP) is 2.61. The number of hydrogen-bond donors (Lipinski definition) is 1. The minimum absolute atomic E-state index is 0.354. The van der Waals surface area contributed by atoms with Gasteiger partial charge in [0, 0.05) is 23.5 Å². The molecule has 0 saturated carbocycles. The van der Waals surface area contributed by atoms with E-state index < -0.39 is 0 Å². The van der Waals surface area contributed by atoms with Crippen LogP contribution in [0, 0.1) is 0 Å². The summed E-state index contributed by atoms with van der Waals surface area (Å²) < 4.78 is 1.57. The number of halogens is 1. The number of fused-ring (bicyclic) bond motifs is 1. The quantitative estimate of drug-likeness (QED) is 0.778. The second-order valence-electron chi connectivity index (χ2n) is 5.94. The van der Waals surface area contributed by atoms with Crippen LogP contribution in [0.1, 0.15) is 6.42 Å². The smallest absolute Gasteiger partial charge is 0.354 e. The molecule has 4 rings (SSSR count). The minimum atomic E-state index is -0.384. The summed E-state index contributed by atoms with van der Waals surface area (Å²) in [6, 6.07) is 14.8. The van der Waals surface area contributed by atoms with Gasteiger partial charge in [-0.1, -0.05) is 29.8 Å². The van der Waals surface area contributed by atoms with Crippen LogP contribution in [0.5, 0.6) is 0 Å². The third kappa shape index (κ3) is 2.56. The average molecular weight is 342 g/mol. The standard InChI is InChI=1S/C18H16ClN3O2/c19-12-6-7-15-16(10-12)22(13-4-2-1-3-5-13)18(24)20-17(15)21-9-8-14(23)11-21/h1-7,10,14,23H,8-9,11H2. The number of aliphatic hydroxyl groups excluding tert-OH is 1. The van der Waals surface area contributed by atoms with Gasteiger partial charge in [-0.3, -0.25) is 4.57 Å². The van der Waals surface area contributed by atoms with E-state index in [1.54, 1.807) is 16.7 Å². The van der Waals surface area contributed by atoms with Crippen molar-refractivity contribution in [1.82, 2.24) is 9.55 Å². The first-order valence-electron chi connectivity index (χ1n) is 7.84. The molecule has 0 bridgehead atoms. The van der Waals surface area contributed by atoms with Crippen molar-refractivity contribution >= 4 is 28.3 Å². The molecule has 1 aliphatic heterocycles. The number of nitrogens with zero attached hydrogens (tertiary/aromatic N) is 3. The molecule has 0 aliphatic carbocycles. The summed E-state index contributed by atoms with van der Waals surface area (Å²) in [6.07, 6.45) is 0.295. The normalized spacial score (nSPS) is 17.6. The number of aromatic nitrogens is 2. The lowest BCUT2D eigenvalue weighted by molar-refractivity contribution is 0.198. The molecule has 1 atom stereocenters. The summed E-state index contributed by atoms with van der Waals surface area (Å²) in [7, 11) is 0. The molecule has 2 aromatic carbocycles. The van der Waals surface area contributed by atoms with Crippen LogP contribution in [0.3, 0.4) is 0 Å². The number of anilines is 1. The fourth-order valence-electron chi connectivity index (χ4n) is 3.18. The summed E-state index contributed by atoms with van der Waals surface area (Å²) in [5.41, 5.74) is 1.10. The van der Waals surface area contributed by atoms with Gasteiger partial charge in [0.05, 0.1) is 17.3 Å². The SMILES string of the molecule is O=c1nc(N2CCC(O)C2)c2ccc(Cl)cc2n1-c1ccccc1. The lowest BCUT2D eigenvalue weighted by Gasteiger charge is -2.20. The number of hydrogen-bond acceptors (Lipinski definition) is 4. The summed E-state index contributed by atoms with van der Waals surface area (Å²) in [4.78, 5) is 19.0. The van der Waals surface area contributed by atoms with Crippen molar-refractivity contribution < 1.29 is 5.11 Å². The van der Waals surface area contributed by atoms with E-state index in [1.807, 2.05) is 41.3 Å². The molecule has 3 aromatic rings. The van der Waals surface area contributed by atoms with E-state index in [4.69, 9.17) is 11.6 Å². The molecular formula is C18H16ClN3O2. The summed E-state index contributed by atoms with van der Waals surface area (Å²) in [5.74, 6) is 0.607. The molecule has 1 unspecified atom stereocenters. The Labute approximate surface area is 143 Å². The van der Waals surface area contributed by atoms with Gasteiger partial charge in [0.25, 0.3) is 0 Å². The zero-order valence-electron chi connectivity index (χ0n) is 12.9. The van der Waals surface area contributed by atoms with E-state index in [9.17, 15) is 9.90 Å². The molecule has 6 heteroatoms. The fourth-order valence-corrected chi connectivity index (χ4v) is 3.35. The van der Waals surface area contributed by atoms with E-state index in [2.05, 4.69) is 4.98 Å². The second-order valence-corrected chi connectivity index (χ2v) is 6.38. The minimum Gasteiger partial charge on any atom is -0.391 e. The maximum absolute atomic E-state index is 12.7. The summed E-state index contributed by atoms with van der Waals surface area (Å²) >= 11 is 6.18. The fraction of sp³-hybridized carbons (Fsp3) is 0.222. The maximum Gasteiger partial charge on any atom is 0.354 e. The van der Waals surface area contributed by atoms with Crippen molar-refractivity contribution in [3.05, 3.63) is 64.0 Å². The van der Waals surface area contributed by atoms with Crippen LogP contribution in [-0.2, 0) is 0 Å². The molecule has 0 radical (unpaired) electrons. The highest BCUT2D eigenvalue weighted by molar-refractivity contribution is 6.31. The van der Waals surface area contributed by atoms with E-state index in [-0.39, 0.29) is 11.8 Å². The van der Waals surface area contributed by atoms with Gasteiger partial charge in [-0.2, -0.15) is 4.98 Å². The number of para-hydroxylation sites is 1. The van der Waals surface area contributed by atoms with Crippen LogP contribution in [0.2, 0.25) is 5.02 Å². The third-order valence-corrected chi connectivity index (χ3v) is 4.55.